The van der Waals surface area contributed by atoms with Crippen LogP contribution in [0.15, 0.2) is 5.11 Å². The van der Waals surface area contributed by atoms with E-state index in [-0.39, 0.29) is 0 Å². The van der Waals surface area contributed by atoms with Crippen LogP contribution in [0, 0.1) is 17.2 Å². The van der Waals surface area contributed by atoms with Crippen LogP contribution < -0.4 is 5.32 Å². The number of rotatable bonds is 8. The largest absolute Gasteiger partial charge is 0.299 e. The Kier molecular flexibility index (Phi) is 7.36. The van der Waals surface area contributed by atoms with E-state index < -0.39 is 5.54 Å². The van der Waals surface area contributed by atoms with Crippen LogP contribution in [0.2, 0.25) is 0 Å². The lowest BCUT2D eigenvalue weighted by molar-refractivity contribution is 0.316. The van der Waals surface area contributed by atoms with E-state index >= 15 is 0 Å². The van der Waals surface area contributed by atoms with Crippen LogP contribution >= 0.6 is 0 Å². The van der Waals surface area contributed by atoms with Gasteiger partial charge in [0.05, 0.1) is 6.07 Å². The molecule has 0 aromatic rings. The fourth-order valence-corrected chi connectivity index (χ4v) is 1.63. The Bertz CT molecular complexity index is 277. The average Bonchev–Trinajstić information content (AvgIpc) is 2.33. The molecule has 0 fully saturated rings. The molecule has 0 rings (SSSR count). The first kappa shape index (κ1) is 14.8. The highest BCUT2D eigenvalue weighted by atomic mass is 15.1. The number of hydrogen-bond acceptors (Lipinski definition) is 3. The number of azide groups is 1. The zero-order chi connectivity index (χ0) is 12.4. The van der Waals surface area contributed by atoms with E-state index in [0.29, 0.717) is 19.0 Å². The van der Waals surface area contributed by atoms with Gasteiger partial charge < -0.3 is 0 Å². The van der Waals surface area contributed by atoms with Gasteiger partial charge in [0, 0.05) is 18.0 Å². The Hall–Kier alpha value is -1.24. The zero-order valence-electron chi connectivity index (χ0n) is 10.4. The molecule has 0 aromatic carbocycles. The number of nitrogens with one attached hydrogen (secondary N) is 1. The summed E-state index contributed by atoms with van der Waals surface area (Å²) in [5, 5.41) is 15.9. The van der Waals surface area contributed by atoms with Gasteiger partial charge in [-0.1, -0.05) is 32.3 Å². The predicted molar refractivity (Wildman–Crippen MR) is 64.7 cm³/mol. The number of nitriles is 1. The Labute approximate surface area is 97.5 Å². The maximum Gasteiger partial charge on any atom is 0.106 e. The summed E-state index contributed by atoms with van der Waals surface area (Å²) < 4.78 is 0. The van der Waals surface area contributed by atoms with Crippen molar-refractivity contribution in [1.29, 1.82) is 5.26 Å². The molecule has 0 amide bonds. The number of hydrogen-bond donors (Lipinski definition) is 1. The standard InChI is InChI=1S/C11H21N5/c1-4-10(3)8-11(5-2,9-12)14-6-7-15-16-13/h10,14H,4-8H2,1-3H3. The van der Waals surface area contributed by atoms with Gasteiger partial charge in [0.2, 0.25) is 0 Å². The van der Waals surface area contributed by atoms with Crippen molar-refractivity contribution in [2.75, 3.05) is 13.1 Å². The molecule has 0 spiro atoms. The molecule has 5 nitrogen and oxygen atoms in total. The molecule has 0 heterocycles. The fourth-order valence-electron chi connectivity index (χ4n) is 1.63. The Morgan fingerprint density at radius 3 is 2.69 bits per heavy atom. The minimum atomic E-state index is -0.472. The normalized spacial score (nSPS) is 15.6. The highest BCUT2D eigenvalue weighted by molar-refractivity contribution is 5.06. The lowest BCUT2D eigenvalue weighted by atomic mass is 9.86. The van der Waals surface area contributed by atoms with E-state index in [2.05, 4.69) is 35.3 Å². The van der Waals surface area contributed by atoms with Gasteiger partial charge in [-0.25, -0.2) is 0 Å². The minimum absolute atomic E-state index is 0.389. The molecule has 0 aliphatic heterocycles. The maximum absolute atomic E-state index is 9.26. The first-order valence-corrected chi connectivity index (χ1v) is 5.81. The van der Waals surface area contributed by atoms with Crippen LogP contribution in [0.25, 0.3) is 10.4 Å². The summed E-state index contributed by atoms with van der Waals surface area (Å²) in [6.07, 6.45) is 2.68. The molecule has 0 aromatic heterocycles. The maximum atomic E-state index is 9.26. The summed E-state index contributed by atoms with van der Waals surface area (Å²) in [7, 11) is 0. The first-order valence-electron chi connectivity index (χ1n) is 5.81. The van der Waals surface area contributed by atoms with E-state index in [9.17, 15) is 5.26 Å². The van der Waals surface area contributed by atoms with Gasteiger partial charge in [-0.05, 0) is 24.3 Å². The summed E-state index contributed by atoms with van der Waals surface area (Å²) >= 11 is 0. The second-order valence-corrected chi connectivity index (χ2v) is 4.15. The third-order valence-corrected chi connectivity index (χ3v) is 2.95. The van der Waals surface area contributed by atoms with E-state index in [1.807, 2.05) is 6.92 Å². The average molecular weight is 223 g/mol. The summed E-state index contributed by atoms with van der Waals surface area (Å²) in [4.78, 5) is 2.69. The van der Waals surface area contributed by atoms with Crippen molar-refractivity contribution in [3.05, 3.63) is 10.4 Å². The lowest BCUT2D eigenvalue weighted by Crippen LogP contribution is -2.45. The van der Waals surface area contributed by atoms with Gasteiger partial charge in [0.1, 0.15) is 5.54 Å². The fraction of sp³-hybridized carbons (Fsp3) is 0.909. The third kappa shape index (κ3) is 5.01. The lowest BCUT2D eigenvalue weighted by Gasteiger charge is -2.29. The van der Waals surface area contributed by atoms with E-state index in [1.54, 1.807) is 0 Å². The van der Waals surface area contributed by atoms with Crippen LogP contribution in [-0.2, 0) is 0 Å². The molecule has 1 N–H and O–H groups in total. The Balaban J connectivity index is 4.33. The SMILES string of the molecule is CCC(C)CC(C#N)(CC)NCCN=[N+]=[N-]. The number of nitrogens with zero attached hydrogens (tertiary/aromatic N) is 4. The van der Waals surface area contributed by atoms with Crippen LogP contribution in [0.3, 0.4) is 0 Å². The summed E-state index contributed by atoms with van der Waals surface area (Å²) in [5.74, 6) is 0.520. The molecular formula is C11H21N5. The molecule has 0 aliphatic rings. The van der Waals surface area contributed by atoms with Gasteiger partial charge in [-0.3, -0.25) is 5.32 Å². The molecule has 0 saturated carbocycles. The van der Waals surface area contributed by atoms with Gasteiger partial charge in [0.25, 0.3) is 0 Å². The molecule has 5 heteroatoms. The second kappa shape index (κ2) is 7.98. The molecule has 2 atom stereocenters. The third-order valence-electron chi connectivity index (χ3n) is 2.95. The minimum Gasteiger partial charge on any atom is -0.299 e. The highest BCUT2D eigenvalue weighted by Crippen LogP contribution is 2.21. The molecule has 16 heavy (non-hydrogen) atoms. The molecule has 0 bridgehead atoms. The van der Waals surface area contributed by atoms with E-state index in [0.717, 1.165) is 19.3 Å². The summed E-state index contributed by atoms with van der Waals surface area (Å²) in [6, 6.07) is 2.36. The van der Waals surface area contributed by atoms with Crippen LogP contribution in [0.4, 0.5) is 0 Å². The topological polar surface area (TPSA) is 84.6 Å². The van der Waals surface area contributed by atoms with Gasteiger partial charge >= 0.3 is 0 Å². The van der Waals surface area contributed by atoms with Crippen molar-refractivity contribution in [3.63, 3.8) is 0 Å². The molecule has 0 radical (unpaired) electrons. The van der Waals surface area contributed by atoms with Crippen molar-refractivity contribution < 1.29 is 0 Å². The van der Waals surface area contributed by atoms with Gasteiger partial charge in [-0.15, -0.1) is 0 Å². The van der Waals surface area contributed by atoms with Crippen molar-refractivity contribution in [2.45, 2.75) is 45.6 Å². The first-order chi connectivity index (χ1) is 7.64. The molecule has 2 unspecified atom stereocenters. The van der Waals surface area contributed by atoms with Crippen molar-refractivity contribution in [2.24, 2.45) is 11.0 Å². The Morgan fingerprint density at radius 2 is 2.25 bits per heavy atom. The van der Waals surface area contributed by atoms with Gasteiger partial charge in [0.15, 0.2) is 0 Å². The van der Waals surface area contributed by atoms with Gasteiger partial charge in [-0.2, -0.15) is 5.26 Å². The van der Waals surface area contributed by atoms with Crippen molar-refractivity contribution in [3.8, 4) is 6.07 Å². The highest BCUT2D eigenvalue weighted by Gasteiger charge is 2.28. The smallest absolute Gasteiger partial charge is 0.106 e. The van der Waals surface area contributed by atoms with Crippen molar-refractivity contribution >= 4 is 0 Å². The quantitative estimate of drug-likeness (QED) is 0.297. The molecule has 0 saturated heterocycles. The predicted octanol–water partition coefficient (Wildman–Crippen LogP) is 2.99. The Morgan fingerprint density at radius 1 is 1.56 bits per heavy atom. The monoisotopic (exact) mass is 223 g/mol. The summed E-state index contributed by atoms with van der Waals surface area (Å²) in [6.45, 7) is 7.23. The molecule has 90 valence electrons. The summed E-state index contributed by atoms with van der Waals surface area (Å²) in [5.41, 5.74) is 7.69. The van der Waals surface area contributed by atoms with E-state index in [1.165, 1.54) is 0 Å². The van der Waals surface area contributed by atoms with Crippen molar-refractivity contribution in [1.82, 2.24) is 5.32 Å². The zero-order valence-corrected chi connectivity index (χ0v) is 10.4. The van der Waals surface area contributed by atoms with E-state index in [4.69, 9.17) is 5.53 Å². The second-order valence-electron chi connectivity index (χ2n) is 4.15. The van der Waals surface area contributed by atoms with Crippen LogP contribution in [0.1, 0.15) is 40.0 Å². The molecular weight excluding hydrogens is 202 g/mol. The molecule has 0 aliphatic carbocycles. The van der Waals surface area contributed by atoms with Crippen LogP contribution in [-0.4, -0.2) is 18.6 Å². The van der Waals surface area contributed by atoms with Crippen LogP contribution in [0.5, 0.6) is 0 Å².